The lowest BCUT2D eigenvalue weighted by molar-refractivity contribution is 0.0698. The molecule has 1 heterocycles. The van der Waals surface area contributed by atoms with E-state index in [1.807, 2.05) is 19.9 Å². The van der Waals surface area contributed by atoms with Gasteiger partial charge in [-0.15, -0.1) is 0 Å². The van der Waals surface area contributed by atoms with Gasteiger partial charge in [0.15, 0.2) is 0 Å². The Morgan fingerprint density at radius 1 is 1.33 bits per heavy atom. The number of anilines is 1. The minimum atomic E-state index is -1.06. The number of carbonyl (C=O) groups is 2. The minimum Gasteiger partial charge on any atom is -0.478 e. The van der Waals surface area contributed by atoms with Gasteiger partial charge < -0.3 is 20.5 Å². The highest BCUT2D eigenvalue weighted by atomic mass is 16.5. The van der Waals surface area contributed by atoms with Crippen molar-refractivity contribution in [2.75, 3.05) is 11.9 Å². The quantitative estimate of drug-likeness (QED) is 0.797. The van der Waals surface area contributed by atoms with Crippen molar-refractivity contribution >= 4 is 17.7 Å². The highest BCUT2D eigenvalue weighted by Crippen LogP contribution is 2.23. The number of amides is 2. The van der Waals surface area contributed by atoms with Gasteiger partial charge in [-0.25, -0.2) is 9.59 Å². The summed E-state index contributed by atoms with van der Waals surface area (Å²) >= 11 is 0. The molecule has 0 aliphatic carbocycles. The molecule has 2 atom stereocenters. The number of hydrogen-bond donors (Lipinski definition) is 3. The highest BCUT2D eigenvalue weighted by Gasteiger charge is 2.26. The van der Waals surface area contributed by atoms with Gasteiger partial charge in [0.2, 0.25) is 0 Å². The molecule has 2 amide bonds. The molecule has 1 fully saturated rings. The van der Waals surface area contributed by atoms with Gasteiger partial charge in [-0.1, -0.05) is 6.07 Å². The summed E-state index contributed by atoms with van der Waals surface area (Å²) < 4.78 is 5.38. The van der Waals surface area contributed by atoms with E-state index in [1.54, 1.807) is 13.0 Å². The molecular formula is C15H20N2O4. The number of aryl methyl sites for hydroxylation is 2. The van der Waals surface area contributed by atoms with Gasteiger partial charge >= 0.3 is 12.0 Å². The van der Waals surface area contributed by atoms with Crippen LogP contribution in [0.15, 0.2) is 12.1 Å². The van der Waals surface area contributed by atoms with Crippen LogP contribution in [0.2, 0.25) is 0 Å². The van der Waals surface area contributed by atoms with Crippen LogP contribution in [0.25, 0.3) is 0 Å². The van der Waals surface area contributed by atoms with Crippen molar-refractivity contribution in [3.8, 4) is 0 Å². The summed E-state index contributed by atoms with van der Waals surface area (Å²) in [4.78, 5) is 23.4. The molecule has 0 bridgehead atoms. The third kappa shape index (κ3) is 3.52. The molecule has 1 aliphatic heterocycles. The number of ether oxygens (including phenoxy) is 1. The summed E-state index contributed by atoms with van der Waals surface area (Å²) in [5.41, 5.74) is 1.99. The number of carboxylic acids is 1. The normalized spacial score (nSPS) is 21.1. The molecule has 1 aromatic rings. The van der Waals surface area contributed by atoms with E-state index in [-0.39, 0.29) is 17.7 Å². The van der Waals surface area contributed by atoms with E-state index >= 15 is 0 Å². The molecule has 1 aliphatic rings. The third-order valence-corrected chi connectivity index (χ3v) is 3.64. The molecule has 0 spiro atoms. The van der Waals surface area contributed by atoms with Crippen molar-refractivity contribution in [1.29, 1.82) is 0 Å². The smallest absolute Gasteiger partial charge is 0.337 e. The highest BCUT2D eigenvalue weighted by molar-refractivity contribution is 6.01. The Balaban J connectivity index is 2.15. The second kappa shape index (κ2) is 6.13. The maximum atomic E-state index is 12.1. The SMILES string of the molecule is Cc1cc(C)c(NC(=O)NC2CCOC2C)c(C(=O)O)c1. The summed E-state index contributed by atoms with van der Waals surface area (Å²) in [5, 5.41) is 14.7. The van der Waals surface area contributed by atoms with E-state index in [2.05, 4.69) is 10.6 Å². The summed E-state index contributed by atoms with van der Waals surface area (Å²) in [7, 11) is 0. The maximum Gasteiger partial charge on any atom is 0.337 e. The molecule has 0 radical (unpaired) electrons. The lowest BCUT2D eigenvalue weighted by atomic mass is 10.0. The number of benzene rings is 1. The molecule has 114 valence electrons. The molecule has 1 saturated heterocycles. The lowest BCUT2D eigenvalue weighted by Crippen LogP contribution is -2.41. The average molecular weight is 292 g/mol. The zero-order chi connectivity index (χ0) is 15.6. The molecule has 21 heavy (non-hydrogen) atoms. The van der Waals surface area contributed by atoms with E-state index in [0.717, 1.165) is 17.5 Å². The Labute approximate surface area is 123 Å². The van der Waals surface area contributed by atoms with E-state index in [0.29, 0.717) is 12.3 Å². The molecule has 2 rings (SSSR count). The fourth-order valence-electron chi connectivity index (χ4n) is 2.54. The molecule has 1 aromatic carbocycles. The van der Waals surface area contributed by atoms with Crippen molar-refractivity contribution in [3.05, 3.63) is 28.8 Å². The fraction of sp³-hybridized carbons (Fsp3) is 0.467. The molecular weight excluding hydrogens is 272 g/mol. The first-order valence-corrected chi connectivity index (χ1v) is 6.92. The number of nitrogens with one attached hydrogen (secondary N) is 2. The molecule has 6 heteroatoms. The van der Waals surface area contributed by atoms with Gasteiger partial charge in [-0.05, 0) is 44.4 Å². The minimum absolute atomic E-state index is 0.0335. The lowest BCUT2D eigenvalue weighted by Gasteiger charge is -2.18. The molecule has 0 saturated carbocycles. The number of hydrogen-bond acceptors (Lipinski definition) is 3. The number of urea groups is 1. The van der Waals surface area contributed by atoms with Crippen molar-refractivity contribution in [3.63, 3.8) is 0 Å². The van der Waals surface area contributed by atoms with Gasteiger partial charge in [-0.2, -0.15) is 0 Å². The number of aromatic carboxylic acids is 1. The van der Waals surface area contributed by atoms with Gasteiger partial charge in [0, 0.05) is 6.61 Å². The van der Waals surface area contributed by atoms with Crippen molar-refractivity contribution < 1.29 is 19.4 Å². The zero-order valence-corrected chi connectivity index (χ0v) is 12.4. The van der Waals surface area contributed by atoms with Crippen LogP contribution < -0.4 is 10.6 Å². The Bertz CT molecular complexity index is 571. The van der Waals surface area contributed by atoms with Crippen molar-refractivity contribution in [2.45, 2.75) is 39.3 Å². The van der Waals surface area contributed by atoms with E-state index in [4.69, 9.17) is 4.74 Å². The van der Waals surface area contributed by atoms with Crippen LogP contribution in [-0.2, 0) is 4.74 Å². The predicted molar refractivity (Wildman–Crippen MR) is 78.8 cm³/mol. The Morgan fingerprint density at radius 3 is 2.62 bits per heavy atom. The first kappa shape index (κ1) is 15.3. The standard InChI is InChI=1S/C15H20N2O4/c1-8-6-9(2)13(11(7-8)14(18)19)17-15(20)16-12-4-5-21-10(12)3/h6-7,10,12H,4-5H2,1-3H3,(H,18,19)(H2,16,17,20). The fourth-order valence-corrected chi connectivity index (χ4v) is 2.54. The Hall–Kier alpha value is -2.08. The molecule has 6 nitrogen and oxygen atoms in total. The van der Waals surface area contributed by atoms with Crippen LogP contribution in [0.5, 0.6) is 0 Å². The molecule has 3 N–H and O–H groups in total. The third-order valence-electron chi connectivity index (χ3n) is 3.64. The van der Waals surface area contributed by atoms with E-state index < -0.39 is 12.0 Å². The van der Waals surface area contributed by atoms with Crippen LogP contribution in [0, 0.1) is 13.8 Å². The Morgan fingerprint density at radius 2 is 2.05 bits per heavy atom. The van der Waals surface area contributed by atoms with E-state index in [9.17, 15) is 14.7 Å². The summed E-state index contributed by atoms with van der Waals surface area (Å²) in [6, 6.07) is 2.92. The topological polar surface area (TPSA) is 87.7 Å². The zero-order valence-electron chi connectivity index (χ0n) is 12.4. The first-order valence-electron chi connectivity index (χ1n) is 6.92. The largest absolute Gasteiger partial charge is 0.478 e. The Kier molecular flexibility index (Phi) is 4.47. The van der Waals surface area contributed by atoms with Crippen molar-refractivity contribution in [1.82, 2.24) is 5.32 Å². The second-order valence-electron chi connectivity index (χ2n) is 5.38. The van der Waals surface area contributed by atoms with Crippen LogP contribution in [0.3, 0.4) is 0 Å². The summed E-state index contributed by atoms with van der Waals surface area (Å²) in [6.45, 7) is 6.12. The number of carbonyl (C=O) groups excluding carboxylic acids is 1. The molecule has 2 unspecified atom stereocenters. The monoisotopic (exact) mass is 292 g/mol. The van der Waals surface area contributed by atoms with Crippen LogP contribution in [-0.4, -0.2) is 35.9 Å². The predicted octanol–water partition coefficient (Wildman–Crippen LogP) is 2.30. The van der Waals surface area contributed by atoms with Crippen molar-refractivity contribution in [2.24, 2.45) is 0 Å². The average Bonchev–Trinajstić information content (AvgIpc) is 2.77. The first-order chi connectivity index (χ1) is 9.88. The van der Waals surface area contributed by atoms with E-state index in [1.165, 1.54) is 0 Å². The van der Waals surface area contributed by atoms with Crippen LogP contribution in [0.4, 0.5) is 10.5 Å². The number of rotatable bonds is 3. The maximum absolute atomic E-state index is 12.1. The van der Waals surface area contributed by atoms with Crippen LogP contribution >= 0.6 is 0 Å². The van der Waals surface area contributed by atoms with Gasteiger partial charge in [-0.3, -0.25) is 0 Å². The summed E-state index contributed by atoms with van der Waals surface area (Å²) in [5.74, 6) is -1.06. The van der Waals surface area contributed by atoms with Crippen LogP contribution in [0.1, 0.15) is 34.8 Å². The van der Waals surface area contributed by atoms with Gasteiger partial charge in [0.1, 0.15) is 0 Å². The van der Waals surface area contributed by atoms with Gasteiger partial charge in [0.25, 0.3) is 0 Å². The number of carboxylic acid groups (broad SMARTS) is 1. The van der Waals surface area contributed by atoms with Gasteiger partial charge in [0.05, 0.1) is 23.4 Å². The second-order valence-corrected chi connectivity index (χ2v) is 5.38. The summed E-state index contributed by atoms with van der Waals surface area (Å²) in [6.07, 6.45) is 0.724. The molecule has 0 aromatic heterocycles.